The van der Waals surface area contributed by atoms with Gasteiger partial charge in [-0.25, -0.2) is 0 Å². The Balaban J connectivity index is 2.18. The lowest BCUT2D eigenvalue weighted by Gasteiger charge is -2.16. The van der Waals surface area contributed by atoms with Crippen molar-refractivity contribution >= 4 is 56.6 Å². The van der Waals surface area contributed by atoms with E-state index in [2.05, 4.69) is 21.2 Å². The van der Waals surface area contributed by atoms with Gasteiger partial charge in [0.05, 0.1) is 26.7 Å². The lowest BCUT2D eigenvalue weighted by molar-refractivity contribution is 0.0940. The van der Waals surface area contributed by atoms with E-state index in [-0.39, 0.29) is 11.9 Å². The molecule has 1 N–H and O–H groups in total. The molecule has 0 heterocycles. The van der Waals surface area contributed by atoms with E-state index in [4.69, 9.17) is 34.8 Å². The molecule has 0 spiro atoms. The van der Waals surface area contributed by atoms with Crippen LogP contribution in [-0.4, -0.2) is 5.91 Å². The molecular weight excluding hydrogens is 396 g/mol. The third-order valence-electron chi connectivity index (χ3n) is 2.99. The van der Waals surface area contributed by atoms with Crippen LogP contribution in [0.1, 0.15) is 28.9 Å². The zero-order valence-corrected chi connectivity index (χ0v) is 14.8. The Morgan fingerprint density at radius 1 is 1.14 bits per heavy atom. The molecule has 0 radical (unpaired) electrons. The molecule has 21 heavy (non-hydrogen) atoms. The van der Waals surface area contributed by atoms with E-state index in [1.807, 2.05) is 13.0 Å². The predicted molar refractivity (Wildman–Crippen MR) is 91.5 cm³/mol. The maximum atomic E-state index is 12.3. The Morgan fingerprint density at radius 3 is 2.52 bits per heavy atom. The molecule has 0 aliphatic carbocycles. The van der Waals surface area contributed by atoms with E-state index >= 15 is 0 Å². The van der Waals surface area contributed by atoms with Gasteiger partial charge in [0.25, 0.3) is 5.91 Å². The normalized spacial score (nSPS) is 12.0. The number of halogens is 4. The van der Waals surface area contributed by atoms with Crippen LogP contribution in [0.5, 0.6) is 0 Å². The molecule has 0 fully saturated rings. The number of nitrogens with one attached hydrogen (secondary N) is 1. The molecule has 1 atom stereocenters. The van der Waals surface area contributed by atoms with Crippen LogP contribution >= 0.6 is 50.7 Å². The Labute approximate surface area is 146 Å². The minimum atomic E-state index is -0.250. The second kappa shape index (κ2) is 7.01. The summed E-state index contributed by atoms with van der Waals surface area (Å²) in [5.41, 5.74) is 1.28. The van der Waals surface area contributed by atoms with Crippen LogP contribution in [0.4, 0.5) is 0 Å². The van der Waals surface area contributed by atoms with Gasteiger partial charge in [-0.15, -0.1) is 0 Å². The Kier molecular flexibility index (Phi) is 5.55. The molecule has 6 heteroatoms. The first-order chi connectivity index (χ1) is 9.90. The summed E-state index contributed by atoms with van der Waals surface area (Å²) in [6.07, 6.45) is 0. The van der Waals surface area contributed by atoms with Gasteiger partial charge in [-0.05, 0) is 52.7 Å². The quantitative estimate of drug-likeness (QED) is 0.674. The number of hydrogen-bond acceptors (Lipinski definition) is 1. The number of rotatable bonds is 3. The van der Waals surface area contributed by atoms with Crippen LogP contribution in [0.3, 0.4) is 0 Å². The molecule has 2 nitrogen and oxygen atoms in total. The molecule has 0 aliphatic rings. The Hall–Kier alpha value is -0.740. The van der Waals surface area contributed by atoms with Gasteiger partial charge in [0.2, 0.25) is 0 Å². The second-order valence-electron chi connectivity index (χ2n) is 4.47. The van der Waals surface area contributed by atoms with E-state index in [0.29, 0.717) is 25.1 Å². The second-order valence-corrected chi connectivity index (χ2v) is 6.52. The summed E-state index contributed by atoms with van der Waals surface area (Å²) in [6.45, 7) is 1.86. The summed E-state index contributed by atoms with van der Waals surface area (Å²) in [6, 6.07) is 10.2. The number of carbonyl (C=O) groups excluding carboxylic acids is 1. The third kappa shape index (κ3) is 3.92. The molecule has 1 unspecified atom stereocenters. The van der Waals surface area contributed by atoms with Gasteiger partial charge in [-0.1, -0.05) is 46.9 Å². The zero-order chi connectivity index (χ0) is 15.6. The highest BCUT2D eigenvalue weighted by Crippen LogP contribution is 2.28. The number of hydrogen-bond donors (Lipinski definition) is 1. The van der Waals surface area contributed by atoms with Crippen molar-refractivity contribution in [2.75, 3.05) is 0 Å². The fourth-order valence-corrected chi connectivity index (χ4v) is 2.70. The maximum absolute atomic E-state index is 12.3. The van der Waals surface area contributed by atoms with Crippen molar-refractivity contribution in [3.8, 4) is 0 Å². The molecule has 0 bridgehead atoms. The minimum Gasteiger partial charge on any atom is -0.345 e. The molecule has 2 aromatic rings. The highest BCUT2D eigenvalue weighted by molar-refractivity contribution is 9.10. The van der Waals surface area contributed by atoms with Crippen LogP contribution in [0.15, 0.2) is 40.9 Å². The summed E-state index contributed by atoms with van der Waals surface area (Å²) in [4.78, 5) is 12.3. The van der Waals surface area contributed by atoms with Crippen LogP contribution in [0.2, 0.25) is 15.1 Å². The molecule has 110 valence electrons. The van der Waals surface area contributed by atoms with Crippen molar-refractivity contribution in [3.05, 3.63) is 67.1 Å². The summed E-state index contributed by atoms with van der Waals surface area (Å²) in [5, 5.41) is 4.20. The van der Waals surface area contributed by atoms with Gasteiger partial charge in [-0.3, -0.25) is 4.79 Å². The van der Waals surface area contributed by atoms with E-state index < -0.39 is 0 Å². The summed E-state index contributed by atoms with van der Waals surface area (Å²) < 4.78 is 0.680. The molecule has 0 saturated carbocycles. The SMILES string of the molecule is CC(NC(=O)c1cccc(Br)c1Cl)c1ccc(Cl)c(Cl)c1. The van der Waals surface area contributed by atoms with E-state index in [1.165, 1.54) is 0 Å². The molecule has 2 aromatic carbocycles. The van der Waals surface area contributed by atoms with Gasteiger partial charge in [-0.2, -0.15) is 0 Å². The first-order valence-corrected chi connectivity index (χ1v) is 8.02. The van der Waals surface area contributed by atoms with Crippen LogP contribution in [-0.2, 0) is 0 Å². The van der Waals surface area contributed by atoms with Gasteiger partial charge in [0.15, 0.2) is 0 Å². The van der Waals surface area contributed by atoms with Crippen LogP contribution in [0, 0.1) is 0 Å². The van der Waals surface area contributed by atoms with Crippen molar-refractivity contribution in [1.82, 2.24) is 5.32 Å². The number of benzene rings is 2. The monoisotopic (exact) mass is 405 g/mol. The summed E-state index contributed by atoms with van der Waals surface area (Å²) in [5.74, 6) is -0.250. The van der Waals surface area contributed by atoms with Gasteiger partial charge >= 0.3 is 0 Å². The maximum Gasteiger partial charge on any atom is 0.253 e. The minimum absolute atomic E-state index is 0.220. The van der Waals surface area contributed by atoms with Gasteiger partial charge in [0, 0.05) is 4.47 Å². The van der Waals surface area contributed by atoms with Crippen LogP contribution < -0.4 is 5.32 Å². The fraction of sp³-hybridized carbons (Fsp3) is 0.133. The molecule has 0 aromatic heterocycles. The molecule has 1 amide bonds. The third-order valence-corrected chi connectivity index (χ3v) is 5.02. The summed E-state index contributed by atoms with van der Waals surface area (Å²) in [7, 11) is 0. The average Bonchev–Trinajstić information content (AvgIpc) is 2.44. The van der Waals surface area contributed by atoms with E-state index in [9.17, 15) is 4.79 Å². The summed E-state index contributed by atoms with van der Waals surface area (Å²) >= 11 is 21.3. The lowest BCUT2D eigenvalue weighted by atomic mass is 10.1. The first-order valence-electron chi connectivity index (χ1n) is 6.10. The topological polar surface area (TPSA) is 29.1 Å². The molecule has 2 rings (SSSR count). The highest BCUT2D eigenvalue weighted by Gasteiger charge is 2.16. The van der Waals surface area contributed by atoms with Crippen molar-refractivity contribution in [3.63, 3.8) is 0 Å². The zero-order valence-electron chi connectivity index (χ0n) is 11.0. The van der Waals surface area contributed by atoms with Gasteiger partial charge < -0.3 is 5.32 Å². The van der Waals surface area contributed by atoms with Crippen molar-refractivity contribution in [1.29, 1.82) is 0 Å². The van der Waals surface area contributed by atoms with Gasteiger partial charge in [0.1, 0.15) is 0 Å². The largest absolute Gasteiger partial charge is 0.345 e. The van der Waals surface area contributed by atoms with Crippen molar-refractivity contribution in [2.45, 2.75) is 13.0 Å². The Morgan fingerprint density at radius 2 is 1.86 bits per heavy atom. The standard InChI is InChI=1S/C15H11BrCl3NO/c1-8(9-5-6-12(17)13(18)7-9)20-15(21)10-3-2-4-11(16)14(10)19/h2-8H,1H3,(H,20,21). The first kappa shape index (κ1) is 16.6. The highest BCUT2D eigenvalue weighted by atomic mass is 79.9. The van der Waals surface area contributed by atoms with E-state index in [1.54, 1.807) is 30.3 Å². The Bertz CT molecular complexity index is 691. The van der Waals surface area contributed by atoms with E-state index in [0.717, 1.165) is 5.56 Å². The smallest absolute Gasteiger partial charge is 0.253 e. The fourth-order valence-electron chi connectivity index (χ4n) is 1.82. The number of amides is 1. The predicted octanol–water partition coefficient (Wildman–Crippen LogP) is 5.90. The van der Waals surface area contributed by atoms with Crippen LogP contribution in [0.25, 0.3) is 0 Å². The molecule has 0 aliphatic heterocycles. The molecule has 0 saturated heterocycles. The average molecular weight is 408 g/mol. The van der Waals surface area contributed by atoms with Crippen molar-refractivity contribution in [2.24, 2.45) is 0 Å². The lowest BCUT2D eigenvalue weighted by Crippen LogP contribution is -2.26. The number of carbonyl (C=O) groups is 1. The van der Waals surface area contributed by atoms with Crippen molar-refractivity contribution < 1.29 is 4.79 Å². The molecular formula is C15H11BrCl3NO.